The first-order valence-electron chi connectivity index (χ1n) is 12.5. The van der Waals surface area contributed by atoms with Crippen molar-refractivity contribution < 1.29 is 19.0 Å². The maximum absolute atomic E-state index is 13.6. The molecule has 1 atom stereocenters. The molecule has 2 heterocycles. The highest BCUT2D eigenvalue weighted by Gasteiger charge is 2.47. The molecule has 0 spiro atoms. The summed E-state index contributed by atoms with van der Waals surface area (Å²) >= 11 is 1.43. The lowest BCUT2D eigenvalue weighted by Gasteiger charge is -2.32. The van der Waals surface area contributed by atoms with Gasteiger partial charge in [0.15, 0.2) is 11.5 Å². The molecule has 5 rings (SSSR count). The minimum Gasteiger partial charge on any atom is -0.493 e. The second-order valence-corrected chi connectivity index (χ2v) is 9.90. The minimum atomic E-state index is -0.772. The zero-order valence-corrected chi connectivity index (χ0v) is 22.3. The fraction of sp³-hybridized carbons (Fsp3) is 0.241. The van der Waals surface area contributed by atoms with E-state index in [1.54, 1.807) is 16.7 Å². The number of thioether (sulfide) groups is 1. The van der Waals surface area contributed by atoms with Crippen LogP contribution in [0.4, 0.5) is 5.69 Å². The molecule has 0 saturated carbocycles. The zero-order chi connectivity index (χ0) is 26.6. The Kier molecular flexibility index (Phi) is 7.46. The highest BCUT2D eigenvalue weighted by Crippen LogP contribution is 2.42. The first kappa shape index (κ1) is 25.5. The van der Waals surface area contributed by atoms with Crippen LogP contribution in [0.5, 0.6) is 11.5 Å². The fourth-order valence-electron chi connectivity index (χ4n) is 4.68. The lowest BCUT2D eigenvalue weighted by atomic mass is 10.00. The molecular formula is C29H29N4O4S+. The van der Waals surface area contributed by atoms with Gasteiger partial charge in [0.2, 0.25) is 11.1 Å². The van der Waals surface area contributed by atoms with Gasteiger partial charge in [-0.25, -0.2) is 4.90 Å². The van der Waals surface area contributed by atoms with Crippen LogP contribution in [-0.4, -0.2) is 28.9 Å². The monoisotopic (exact) mass is 529 g/mol. The van der Waals surface area contributed by atoms with Crippen molar-refractivity contribution in [1.82, 2.24) is 10.1 Å². The number of nitrogens with zero attached hydrogens (tertiary/aromatic N) is 3. The third-order valence-electron chi connectivity index (χ3n) is 6.34. The normalized spacial score (nSPS) is 14.0. The average molecular weight is 530 g/mol. The van der Waals surface area contributed by atoms with Crippen LogP contribution in [0.15, 0.2) is 82.7 Å². The Balaban J connectivity index is 1.76. The summed E-state index contributed by atoms with van der Waals surface area (Å²) in [5, 5.41) is 5.31. The Morgan fingerprint density at radius 3 is 2.55 bits per heavy atom. The van der Waals surface area contributed by atoms with E-state index in [4.69, 9.17) is 14.6 Å². The molecule has 0 bridgehead atoms. The number of aromatic nitrogens is 3. The smallest absolute Gasteiger partial charge is 0.325 e. The number of nitrogens with one attached hydrogen (secondary N) is 1. The second-order valence-electron chi connectivity index (χ2n) is 8.65. The molecule has 0 fully saturated rings. The van der Waals surface area contributed by atoms with Crippen LogP contribution >= 0.6 is 11.8 Å². The molecule has 1 aromatic heterocycles. The summed E-state index contributed by atoms with van der Waals surface area (Å²) in [6.45, 7) is 4.12. The minimum absolute atomic E-state index is 0.107. The van der Waals surface area contributed by atoms with Gasteiger partial charge >= 0.3 is 11.3 Å². The van der Waals surface area contributed by atoms with Crippen LogP contribution in [0.3, 0.4) is 0 Å². The number of amides is 1. The van der Waals surface area contributed by atoms with Crippen LogP contribution < -0.4 is 24.6 Å². The van der Waals surface area contributed by atoms with Gasteiger partial charge in [-0.1, -0.05) is 74.1 Å². The van der Waals surface area contributed by atoms with Gasteiger partial charge in [-0.2, -0.15) is 0 Å². The van der Waals surface area contributed by atoms with E-state index >= 15 is 0 Å². The quantitative estimate of drug-likeness (QED) is 0.262. The number of hydrogen-bond acceptors (Lipinski definition) is 6. The van der Waals surface area contributed by atoms with Crippen molar-refractivity contribution in [2.75, 3.05) is 17.8 Å². The number of hydrogen-bond donors (Lipinski definition) is 1. The van der Waals surface area contributed by atoms with Crippen molar-refractivity contribution in [3.8, 4) is 22.8 Å². The maximum Gasteiger partial charge on any atom is 0.325 e. The van der Waals surface area contributed by atoms with Gasteiger partial charge in [0.1, 0.15) is 6.61 Å². The number of ether oxygens (including phenoxy) is 2. The number of methoxy groups -OCH3 is 1. The molecule has 0 aliphatic carbocycles. The van der Waals surface area contributed by atoms with Crippen molar-refractivity contribution in [2.24, 2.45) is 0 Å². The molecule has 1 aliphatic heterocycles. The van der Waals surface area contributed by atoms with E-state index in [2.05, 4.69) is 4.98 Å². The number of anilines is 1. The van der Waals surface area contributed by atoms with Gasteiger partial charge in [-0.05, 0) is 40.3 Å². The Labute approximate surface area is 225 Å². The Bertz CT molecular complexity index is 1520. The predicted molar refractivity (Wildman–Crippen MR) is 147 cm³/mol. The number of H-pyrrole nitrogens is 1. The number of fused-ring (bicyclic) bond motifs is 3. The number of benzene rings is 3. The number of rotatable bonds is 8. The van der Waals surface area contributed by atoms with Gasteiger partial charge in [0.05, 0.1) is 23.9 Å². The largest absolute Gasteiger partial charge is 0.493 e. The van der Waals surface area contributed by atoms with Crippen LogP contribution in [-0.2, 0) is 11.4 Å². The van der Waals surface area contributed by atoms with E-state index < -0.39 is 6.17 Å². The van der Waals surface area contributed by atoms with E-state index in [-0.39, 0.29) is 17.9 Å². The van der Waals surface area contributed by atoms with E-state index in [1.807, 2.05) is 86.6 Å². The number of carbonyl (C=O) groups excluding carboxylic acids is 1. The maximum atomic E-state index is 13.6. The van der Waals surface area contributed by atoms with Crippen molar-refractivity contribution in [3.05, 3.63) is 94.3 Å². The topological polar surface area (TPSA) is 88.4 Å². The molecule has 3 aromatic carbocycles. The first-order valence-corrected chi connectivity index (χ1v) is 13.5. The highest BCUT2D eigenvalue weighted by molar-refractivity contribution is 7.99. The zero-order valence-electron chi connectivity index (χ0n) is 21.5. The highest BCUT2D eigenvalue weighted by atomic mass is 32.2. The first-order chi connectivity index (χ1) is 18.6. The molecule has 0 radical (unpaired) electrons. The summed E-state index contributed by atoms with van der Waals surface area (Å²) < 4.78 is 13.7. The molecule has 4 aromatic rings. The van der Waals surface area contributed by atoms with Gasteiger partial charge in [-0.15, -0.1) is 0 Å². The number of aromatic amines is 1. The van der Waals surface area contributed by atoms with Gasteiger partial charge in [-0.3, -0.25) is 14.6 Å². The van der Waals surface area contributed by atoms with E-state index in [0.717, 1.165) is 11.3 Å². The summed E-state index contributed by atoms with van der Waals surface area (Å²) in [6.07, 6.45) is -0.503. The van der Waals surface area contributed by atoms with Crippen LogP contribution in [0.1, 0.15) is 37.6 Å². The van der Waals surface area contributed by atoms with Crippen LogP contribution in [0.25, 0.3) is 11.3 Å². The van der Waals surface area contributed by atoms with E-state index in [0.29, 0.717) is 45.8 Å². The van der Waals surface area contributed by atoms with Gasteiger partial charge < -0.3 is 9.47 Å². The summed E-state index contributed by atoms with van der Waals surface area (Å²) in [4.78, 5) is 31.7. The Hall–Kier alpha value is -4.11. The SMILES string of the molecule is CCSc1n[n+]2c(c(=O)[nH]1)-c1ccccc1N(C(=O)CC)C2c1cccc(OC)c1OCc1ccccc1. The molecule has 9 heteroatoms. The van der Waals surface area contributed by atoms with Crippen molar-refractivity contribution in [2.45, 2.75) is 38.2 Å². The lowest BCUT2D eigenvalue weighted by Crippen LogP contribution is -2.61. The molecule has 1 aliphatic rings. The number of carbonyl (C=O) groups is 1. The molecule has 38 heavy (non-hydrogen) atoms. The summed E-state index contributed by atoms with van der Waals surface area (Å²) in [6, 6.07) is 22.8. The lowest BCUT2D eigenvalue weighted by molar-refractivity contribution is -0.763. The molecular weight excluding hydrogens is 500 g/mol. The van der Waals surface area contributed by atoms with Crippen molar-refractivity contribution >= 4 is 23.4 Å². The fourth-order valence-corrected chi connectivity index (χ4v) is 5.26. The molecule has 1 unspecified atom stereocenters. The molecule has 1 N–H and O–H groups in total. The Morgan fingerprint density at radius 2 is 1.82 bits per heavy atom. The standard InChI is InChI=1S/C29H28N4O4S/c1-4-24(34)32-22-16-10-9-14-20(22)25-27(35)30-29(38-5-2)31-33(25)28(32)21-15-11-17-23(36-3)26(21)37-18-19-12-7-6-8-13-19/h6-17,28H,4-5,18H2,1-3H3/p+1. The summed E-state index contributed by atoms with van der Waals surface area (Å²) in [7, 11) is 1.58. The average Bonchev–Trinajstić information content (AvgIpc) is 2.95. The van der Waals surface area contributed by atoms with Gasteiger partial charge in [0.25, 0.3) is 6.17 Å². The predicted octanol–water partition coefficient (Wildman–Crippen LogP) is 4.73. The molecule has 8 nitrogen and oxygen atoms in total. The summed E-state index contributed by atoms with van der Waals surface area (Å²) in [5.74, 6) is 1.63. The third-order valence-corrected chi connectivity index (χ3v) is 7.09. The van der Waals surface area contributed by atoms with E-state index in [9.17, 15) is 9.59 Å². The van der Waals surface area contributed by atoms with Crippen LogP contribution in [0, 0.1) is 0 Å². The van der Waals surface area contributed by atoms with Gasteiger partial charge in [0, 0.05) is 11.5 Å². The van der Waals surface area contributed by atoms with E-state index in [1.165, 1.54) is 11.8 Å². The van der Waals surface area contributed by atoms with Crippen molar-refractivity contribution in [1.29, 1.82) is 0 Å². The third kappa shape index (κ3) is 4.65. The molecule has 194 valence electrons. The molecule has 1 amide bonds. The molecule has 0 saturated heterocycles. The second kappa shape index (κ2) is 11.1. The summed E-state index contributed by atoms with van der Waals surface area (Å²) in [5.41, 5.74) is 3.04. The van der Waals surface area contributed by atoms with Crippen molar-refractivity contribution in [3.63, 3.8) is 0 Å². The number of para-hydroxylation sites is 2. The Morgan fingerprint density at radius 1 is 1.05 bits per heavy atom. The van der Waals surface area contributed by atoms with Crippen LogP contribution in [0.2, 0.25) is 0 Å².